The molecule has 40 heavy (non-hydrogen) atoms. The van der Waals surface area contributed by atoms with E-state index in [0.717, 1.165) is 35.9 Å². The van der Waals surface area contributed by atoms with Gasteiger partial charge in [0, 0.05) is 78.8 Å². The van der Waals surface area contributed by atoms with Crippen molar-refractivity contribution in [3.63, 3.8) is 0 Å². The first-order valence-electron chi connectivity index (χ1n) is 13.5. The number of ether oxygens (including phenoxy) is 1. The van der Waals surface area contributed by atoms with Gasteiger partial charge in [-0.1, -0.05) is 60.7 Å². The molecule has 5 aromatic rings. The SMILES string of the molecule is O=C(CC(Cc1cc(N2CCOCC2)n2nc(-c3ccncc3)cc2n1)C(=O)c1ccccc1)c1ccccc1. The lowest BCUT2D eigenvalue weighted by molar-refractivity contribution is 0.0851. The van der Waals surface area contributed by atoms with Crippen LogP contribution in [-0.2, 0) is 11.2 Å². The van der Waals surface area contributed by atoms with Crippen molar-refractivity contribution in [2.45, 2.75) is 12.8 Å². The molecular formula is C32H29N5O3. The van der Waals surface area contributed by atoms with Gasteiger partial charge in [-0.2, -0.15) is 9.61 Å². The van der Waals surface area contributed by atoms with Crippen LogP contribution in [0.5, 0.6) is 0 Å². The maximum Gasteiger partial charge on any atom is 0.166 e. The number of aromatic nitrogens is 4. The minimum atomic E-state index is -0.565. The van der Waals surface area contributed by atoms with Crippen molar-refractivity contribution < 1.29 is 14.3 Å². The molecule has 1 fully saturated rings. The molecule has 1 aliphatic heterocycles. The van der Waals surface area contributed by atoms with Crippen molar-refractivity contribution in [1.82, 2.24) is 19.6 Å². The minimum Gasteiger partial charge on any atom is -0.378 e. The molecule has 0 saturated carbocycles. The maximum atomic E-state index is 13.7. The van der Waals surface area contributed by atoms with Gasteiger partial charge < -0.3 is 9.64 Å². The molecule has 8 nitrogen and oxygen atoms in total. The Hall–Kier alpha value is -4.69. The third kappa shape index (κ3) is 5.53. The first kappa shape index (κ1) is 25.6. The molecular weight excluding hydrogens is 502 g/mol. The highest BCUT2D eigenvalue weighted by atomic mass is 16.5. The summed E-state index contributed by atoms with van der Waals surface area (Å²) in [6, 6.07) is 26.1. The highest BCUT2D eigenvalue weighted by molar-refractivity contribution is 6.03. The number of hydrogen-bond donors (Lipinski definition) is 0. The van der Waals surface area contributed by atoms with Gasteiger partial charge in [0.25, 0.3) is 0 Å². The van der Waals surface area contributed by atoms with Gasteiger partial charge in [-0.15, -0.1) is 0 Å². The molecule has 0 amide bonds. The fourth-order valence-electron chi connectivity index (χ4n) is 5.11. The fourth-order valence-corrected chi connectivity index (χ4v) is 5.11. The number of Topliss-reactive ketones (excluding diaryl/α,β-unsaturated/α-hetero) is 2. The molecule has 4 heterocycles. The zero-order valence-corrected chi connectivity index (χ0v) is 22.0. The van der Waals surface area contributed by atoms with Crippen molar-refractivity contribution in [3.05, 3.63) is 114 Å². The van der Waals surface area contributed by atoms with Crippen LogP contribution in [-0.4, -0.2) is 57.5 Å². The van der Waals surface area contributed by atoms with E-state index in [0.29, 0.717) is 36.4 Å². The van der Waals surface area contributed by atoms with Crippen molar-refractivity contribution in [2.24, 2.45) is 5.92 Å². The summed E-state index contributed by atoms with van der Waals surface area (Å²) in [5.74, 6) is 0.202. The highest BCUT2D eigenvalue weighted by Gasteiger charge is 2.26. The van der Waals surface area contributed by atoms with Gasteiger partial charge in [0.2, 0.25) is 0 Å². The van der Waals surface area contributed by atoms with Crippen LogP contribution < -0.4 is 4.90 Å². The van der Waals surface area contributed by atoms with Gasteiger partial charge in [-0.3, -0.25) is 14.6 Å². The standard InChI is InChI=1S/C32H29N5O3/c38-29(24-7-3-1-4-8-24)20-26(32(39)25-9-5-2-6-10-25)19-27-21-31(36-15-17-40-18-16-36)37-30(34-27)22-28(35-37)23-11-13-33-14-12-23/h1-14,21-22,26H,15-20H2. The lowest BCUT2D eigenvalue weighted by Gasteiger charge is -2.29. The van der Waals surface area contributed by atoms with Crippen LogP contribution in [0.2, 0.25) is 0 Å². The molecule has 1 atom stereocenters. The van der Waals surface area contributed by atoms with Crippen molar-refractivity contribution in [2.75, 3.05) is 31.2 Å². The number of rotatable bonds is 9. The summed E-state index contributed by atoms with van der Waals surface area (Å²) >= 11 is 0. The predicted molar refractivity (Wildman–Crippen MR) is 153 cm³/mol. The van der Waals surface area contributed by atoms with Gasteiger partial charge in [0.05, 0.1) is 18.9 Å². The summed E-state index contributed by atoms with van der Waals surface area (Å²) in [4.78, 5) is 38.3. The van der Waals surface area contributed by atoms with Crippen LogP contribution in [0.4, 0.5) is 5.82 Å². The van der Waals surface area contributed by atoms with Crippen LogP contribution in [0.25, 0.3) is 16.9 Å². The summed E-state index contributed by atoms with van der Waals surface area (Å²) in [5.41, 5.74) is 4.35. The van der Waals surface area contributed by atoms with E-state index in [1.807, 2.05) is 65.2 Å². The summed E-state index contributed by atoms with van der Waals surface area (Å²) in [7, 11) is 0. The molecule has 0 N–H and O–H groups in total. The Kier molecular flexibility index (Phi) is 7.41. The van der Waals surface area contributed by atoms with E-state index in [1.54, 1.807) is 36.7 Å². The number of carbonyl (C=O) groups excluding carboxylic acids is 2. The average Bonchev–Trinajstić information content (AvgIpc) is 3.46. The largest absolute Gasteiger partial charge is 0.378 e. The third-order valence-electron chi connectivity index (χ3n) is 7.18. The number of fused-ring (bicyclic) bond motifs is 1. The molecule has 3 aromatic heterocycles. The van der Waals surface area contributed by atoms with E-state index >= 15 is 0 Å². The van der Waals surface area contributed by atoms with Crippen molar-refractivity contribution >= 4 is 23.0 Å². The number of nitrogens with zero attached hydrogens (tertiary/aromatic N) is 5. The van der Waals surface area contributed by atoms with Gasteiger partial charge in [-0.05, 0) is 12.1 Å². The summed E-state index contributed by atoms with van der Waals surface area (Å²) in [6.45, 7) is 2.69. The molecule has 1 aliphatic rings. The topological polar surface area (TPSA) is 89.7 Å². The second kappa shape index (κ2) is 11.6. The first-order chi connectivity index (χ1) is 19.7. The van der Waals surface area contributed by atoms with E-state index < -0.39 is 5.92 Å². The third-order valence-corrected chi connectivity index (χ3v) is 7.18. The van der Waals surface area contributed by atoms with Crippen molar-refractivity contribution in [1.29, 1.82) is 0 Å². The number of ketones is 2. The van der Waals surface area contributed by atoms with Crippen LogP contribution >= 0.6 is 0 Å². The van der Waals surface area contributed by atoms with Gasteiger partial charge in [0.1, 0.15) is 5.82 Å². The summed E-state index contributed by atoms with van der Waals surface area (Å²) in [5, 5.41) is 4.87. The highest BCUT2D eigenvalue weighted by Crippen LogP contribution is 2.27. The fraction of sp³-hybridized carbons (Fsp3) is 0.219. The number of hydrogen-bond acceptors (Lipinski definition) is 7. The summed E-state index contributed by atoms with van der Waals surface area (Å²) < 4.78 is 7.45. The molecule has 8 heteroatoms. The second-order valence-electron chi connectivity index (χ2n) is 9.87. The van der Waals surface area contributed by atoms with Crippen molar-refractivity contribution in [3.8, 4) is 11.3 Å². The molecule has 6 rings (SSSR count). The monoisotopic (exact) mass is 531 g/mol. The molecule has 2 aromatic carbocycles. The first-order valence-corrected chi connectivity index (χ1v) is 13.5. The Labute approximate surface area is 232 Å². The van der Waals surface area contributed by atoms with E-state index in [2.05, 4.69) is 9.88 Å². The smallest absolute Gasteiger partial charge is 0.166 e. The average molecular weight is 532 g/mol. The van der Waals surface area contributed by atoms with E-state index in [-0.39, 0.29) is 18.0 Å². The number of morpholine rings is 1. The van der Waals surface area contributed by atoms with E-state index in [1.165, 1.54) is 0 Å². The Bertz CT molecular complexity index is 1610. The van der Waals surface area contributed by atoms with Crippen LogP contribution in [0, 0.1) is 5.92 Å². The lowest BCUT2D eigenvalue weighted by atomic mass is 9.87. The molecule has 0 aliphatic carbocycles. The van der Waals surface area contributed by atoms with Gasteiger partial charge >= 0.3 is 0 Å². The van der Waals surface area contributed by atoms with Crippen LogP contribution in [0.3, 0.4) is 0 Å². The lowest BCUT2D eigenvalue weighted by Crippen LogP contribution is -2.37. The Morgan fingerprint density at radius 3 is 2.23 bits per heavy atom. The molecule has 1 unspecified atom stereocenters. The molecule has 0 radical (unpaired) electrons. The quantitative estimate of drug-likeness (QED) is 0.249. The minimum absolute atomic E-state index is 0.0614. The van der Waals surface area contributed by atoms with E-state index in [4.69, 9.17) is 14.8 Å². The van der Waals surface area contributed by atoms with E-state index in [9.17, 15) is 9.59 Å². The zero-order valence-electron chi connectivity index (χ0n) is 22.0. The predicted octanol–water partition coefficient (Wildman–Crippen LogP) is 4.94. The van der Waals surface area contributed by atoms with Crippen LogP contribution in [0.1, 0.15) is 32.8 Å². The van der Waals surface area contributed by atoms with Gasteiger partial charge in [0.15, 0.2) is 17.2 Å². The van der Waals surface area contributed by atoms with Gasteiger partial charge in [-0.25, -0.2) is 4.98 Å². The Morgan fingerprint density at radius 2 is 1.52 bits per heavy atom. The van der Waals surface area contributed by atoms with Crippen LogP contribution in [0.15, 0.2) is 97.3 Å². The Morgan fingerprint density at radius 1 is 0.850 bits per heavy atom. The summed E-state index contributed by atoms with van der Waals surface area (Å²) in [6.07, 6.45) is 3.91. The second-order valence-corrected chi connectivity index (χ2v) is 9.87. The normalized spacial score (nSPS) is 14.2. The number of anilines is 1. The number of pyridine rings is 1. The zero-order chi connectivity index (χ0) is 27.3. The molecule has 200 valence electrons. The molecule has 0 bridgehead atoms. The molecule has 0 spiro atoms. The molecule has 1 saturated heterocycles. The Balaban J connectivity index is 1.39. The number of benzene rings is 2. The number of carbonyl (C=O) groups is 2. The maximum absolute atomic E-state index is 13.7.